The minimum Gasteiger partial charge on any atom is -0.476 e. The maximum atomic E-state index is 11.2. The molecule has 2 rings (SSSR count). The van der Waals surface area contributed by atoms with Crippen LogP contribution in [0.4, 0.5) is 0 Å². The Morgan fingerprint density at radius 3 is 2.80 bits per heavy atom. The van der Waals surface area contributed by atoms with E-state index in [-0.39, 0.29) is 5.69 Å². The van der Waals surface area contributed by atoms with Gasteiger partial charge in [0.15, 0.2) is 5.69 Å². The molecule has 2 aromatic heterocycles. The Balaban J connectivity index is 2.33. The standard InChI is InChI=1S/C13H19N5O2/c1-4-5-11-12(13(19)20)15-16-18(11)7-10-6-14-8-17(10)9(2)3/h6,8-9H,4-5,7H2,1-3H3,(H,19,20). The zero-order valence-electron chi connectivity index (χ0n) is 11.9. The summed E-state index contributed by atoms with van der Waals surface area (Å²) in [6.07, 6.45) is 5.04. The van der Waals surface area contributed by atoms with E-state index in [9.17, 15) is 4.79 Å². The highest BCUT2D eigenvalue weighted by molar-refractivity contribution is 5.86. The van der Waals surface area contributed by atoms with Crippen molar-refractivity contribution in [3.05, 3.63) is 29.6 Å². The van der Waals surface area contributed by atoms with Gasteiger partial charge in [-0.2, -0.15) is 0 Å². The number of carbonyl (C=O) groups is 1. The van der Waals surface area contributed by atoms with Crippen LogP contribution in [0.3, 0.4) is 0 Å². The van der Waals surface area contributed by atoms with Crippen molar-refractivity contribution in [2.24, 2.45) is 0 Å². The molecule has 1 N–H and O–H groups in total. The molecule has 0 unspecified atom stereocenters. The third kappa shape index (κ3) is 2.71. The highest BCUT2D eigenvalue weighted by Gasteiger charge is 2.19. The van der Waals surface area contributed by atoms with E-state index < -0.39 is 5.97 Å². The Bertz CT molecular complexity index is 600. The molecule has 7 nitrogen and oxygen atoms in total. The van der Waals surface area contributed by atoms with Gasteiger partial charge in [-0.25, -0.2) is 14.5 Å². The van der Waals surface area contributed by atoms with E-state index in [0.29, 0.717) is 24.7 Å². The van der Waals surface area contributed by atoms with Crippen LogP contribution in [-0.4, -0.2) is 35.6 Å². The minimum atomic E-state index is -1.03. The molecule has 0 radical (unpaired) electrons. The molecule has 0 spiro atoms. The first-order valence-corrected chi connectivity index (χ1v) is 6.71. The fourth-order valence-electron chi connectivity index (χ4n) is 2.18. The molecule has 0 fully saturated rings. The molecule has 0 aliphatic rings. The van der Waals surface area contributed by atoms with Crippen molar-refractivity contribution >= 4 is 5.97 Å². The van der Waals surface area contributed by atoms with Crippen LogP contribution in [0, 0.1) is 0 Å². The second kappa shape index (κ2) is 5.85. The van der Waals surface area contributed by atoms with E-state index >= 15 is 0 Å². The van der Waals surface area contributed by atoms with Gasteiger partial charge in [0, 0.05) is 6.04 Å². The summed E-state index contributed by atoms with van der Waals surface area (Å²) >= 11 is 0. The summed E-state index contributed by atoms with van der Waals surface area (Å²) < 4.78 is 3.70. The molecule has 0 atom stereocenters. The molecule has 108 valence electrons. The first-order valence-electron chi connectivity index (χ1n) is 6.71. The number of rotatable bonds is 6. The molecule has 0 aliphatic carbocycles. The van der Waals surface area contributed by atoms with Crippen molar-refractivity contribution < 1.29 is 9.90 Å². The monoisotopic (exact) mass is 277 g/mol. The summed E-state index contributed by atoms with van der Waals surface area (Å²) in [5.74, 6) is -1.03. The smallest absolute Gasteiger partial charge is 0.358 e. The quantitative estimate of drug-likeness (QED) is 0.869. The van der Waals surface area contributed by atoms with Gasteiger partial charge in [0.1, 0.15) is 0 Å². The molecule has 0 amide bonds. The van der Waals surface area contributed by atoms with Gasteiger partial charge >= 0.3 is 5.97 Å². The average molecular weight is 277 g/mol. The minimum absolute atomic E-state index is 0.0439. The number of carboxylic acids is 1. The number of hydrogen-bond acceptors (Lipinski definition) is 4. The molecular formula is C13H19N5O2. The third-order valence-electron chi connectivity index (χ3n) is 3.14. The van der Waals surface area contributed by atoms with Gasteiger partial charge in [-0.3, -0.25) is 0 Å². The number of aromatic nitrogens is 5. The molecule has 2 heterocycles. The fraction of sp³-hybridized carbons (Fsp3) is 0.538. The molecule has 20 heavy (non-hydrogen) atoms. The lowest BCUT2D eigenvalue weighted by Gasteiger charge is -2.12. The topological polar surface area (TPSA) is 85.8 Å². The second-order valence-corrected chi connectivity index (χ2v) is 4.98. The van der Waals surface area contributed by atoms with E-state index in [2.05, 4.69) is 29.1 Å². The van der Waals surface area contributed by atoms with Crippen LogP contribution < -0.4 is 0 Å². The van der Waals surface area contributed by atoms with Crippen LogP contribution >= 0.6 is 0 Å². The Morgan fingerprint density at radius 1 is 1.45 bits per heavy atom. The summed E-state index contributed by atoms with van der Waals surface area (Å²) in [5.41, 5.74) is 1.69. The maximum absolute atomic E-state index is 11.2. The van der Waals surface area contributed by atoms with Crippen LogP contribution in [0.25, 0.3) is 0 Å². The molecule has 0 aromatic carbocycles. The van der Waals surface area contributed by atoms with E-state index in [1.165, 1.54) is 0 Å². The normalized spacial score (nSPS) is 11.2. The summed E-state index contributed by atoms with van der Waals surface area (Å²) in [4.78, 5) is 15.3. The summed E-state index contributed by atoms with van der Waals surface area (Å²) in [7, 11) is 0. The zero-order chi connectivity index (χ0) is 14.7. The summed E-state index contributed by atoms with van der Waals surface area (Å²) in [6.45, 7) is 6.62. The Kier molecular flexibility index (Phi) is 4.16. The molecule has 0 bridgehead atoms. The first kappa shape index (κ1) is 14.2. The summed E-state index contributed by atoms with van der Waals surface area (Å²) in [6, 6.07) is 0.296. The maximum Gasteiger partial charge on any atom is 0.358 e. The van der Waals surface area contributed by atoms with Crippen molar-refractivity contribution in [2.75, 3.05) is 0 Å². The van der Waals surface area contributed by atoms with E-state index in [4.69, 9.17) is 5.11 Å². The van der Waals surface area contributed by atoms with E-state index in [0.717, 1.165) is 12.1 Å². The predicted molar refractivity (Wildman–Crippen MR) is 72.7 cm³/mol. The second-order valence-electron chi connectivity index (χ2n) is 4.98. The number of nitrogens with zero attached hydrogens (tertiary/aromatic N) is 5. The summed E-state index contributed by atoms with van der Waals surface area (Å²) in [5, 5.41) is 16.9. The highest BCUT2D eigenvalue weighted by atomic mass is 16.4. The van der Waals surface area contributed by atoms with Crippen molar-refractivity contribution in [2.45, 2.75) is 46.2 Å². The van der Waals surface area contributed by atoms with Gasteiger partial charge in [0.2, 0.25) is 0 Å². The van der Waals surface area contributed by atoms with Crippen molar-refractivity contribution in [3.63, 3.8) is 0 Å². The van der Waals surface area contributed by atoms with Crippen molar-refractivity contribution in [1.29, 1.82) is 0 Å². The van der Waals surface area contributed by atoms with Crippen LogP contribution in [0.1, 0.15) is 55.1 Å². The van der Waals surface area contributed by atoms with Crippen LogP contribution in [0.2, 0.25) is 0 Å². The van der Waals surface area contributed by atoms with Crippen LogP contribution in [0.5, 0.6) is 0 Å². The number of imidazole rings is 1. The molecule has 7 heteroatoms. The Morgan fingerprint density at radius 2 is 2.20 bits per heavy atom. The fourth-order valence-corrected chi connectivity index (χ4v) is 2.18. The van der Waals surface area contributed by atoms with Crippen LogP contribution in [0.15, 0.2) is 12.5 Å². The van der Waals surface area contributed by atoms with Gasteiger partial charge in [-0.1, -0.05) is 18.6 Å². The lowest BCUT2D eigenvalue weighted by atomic mass is 10.2. The van der Waals surface area contributed by atoms with E-state index in [1.54, 1.807) is 17.2 Å². The van der Waals surface area contributed by atoms with Gasteiger partial charge in [0.25, 0.3) is 0 Å². The van der Waals surface area contributed by atoms with Gasteiger partial charge in [-0.15, -0.1) is 5.10 Å². The zero-order valence-corrected chi connectivity index (χ0v) is 11.9. The number of hydrogen-bond donors (Lipinski definition) is 1. The third-order valence-corrected chi connectivity index (χ3v) is 3.14. The van der Waals surface area contributed by atoms with Crippen molar-refractivity contribution in [3.8, 4) is 0 Å². The first-order chi connectivity index (χ1) is 9.54. The van der Waals surface area contributed by atoms with Crippen molar-refractivity contribution in [1.82, 2.24) is 24.5 Å². The van der Waals surface area contributed by atoms with E-state index in [1.807, 2.05) is 11.5 Å². The molecule has 0 saturated carbocycles. The highest BCUT2D eigenvalue weighted by Crippen LogP contribution is 2.14. The van der Waals surface area contributed by atoms with Crippen LogP contribution in [-0.2, 0) is 13.0 Å². The molecule has 2 aromatic rings. The molecular weight excluding hydrogens is 258 g/mol. The Hall–Kier alpha value is -2.18. The van der Waals surface area contributed by atoms with Gasteiger partial charge in [0.05, 0.1) is 30.5 Å². The van der Waals surface area contributed by atoms with Gasteiger partial charge < -0.3 is 9.67 Å². The largest absolute Gasteiger partial charge is 0.476 e. The SMILES string of the molecule is CCCc1c(C(=O)O)nnn1Cc1cncn1C(C)C. The lowest BCUT2D eigenvalue weighted by molar-refractivity contribution is 0.0689. The number of aromatic carboxylic acids is 1. The lowest BCUT2D eigenvalue weighted by Crippen LogP contribution is -2.13. The molecule has 0 saturated heterocycles. The number of carboxylic acid groups (broad SMARTS) is 1. The Labute approximate surface area is 117 Å². The average Bonchev–Trinajstić information content (AvgIpc) is 2.98. The molecule has 0 aliphatic heterocycles. The predicted octanol–water partition coefficient (Wildman–Crippen LogP) is 1.75. The van der Waals surface area contributed by atoms with Gasteiger partial charge in [-0.05, 0) is 20.3 Å².